The highest BCUT2D eigenvalue weighted by Crippen LogP contribution is 2.48. The van der Waals surface area contributed by atoms with Crippen LogP contribution in [-0.2, 0) is 9.59 Å². The molecule has 2 aromatic rings. The highest BCUT2D eigenvalue weighted by atomic mass is 32.2. The van der Waals surface area contributed by atoms with Crippen LogP contribution in [0.4, 0.5) is 11.4 Å². The molecule has 1 unspecified atom stereocenters. The number of aliphatic hydroxyl groups excluding tert-OH is 1. The van der Waals surface area contributed by atoms with Gasteiger partial charge in [0.2, 0.25) is 5.91 Å². The number of benzene rings is 2. The van der Waals surface area contributed by atoms with Gasteiger partial charge >= 0.3 is 5.97 Å². The van der Waals surface area contributed by atoms with Crippen molar-refractivity contribution in [1.29, 1.82) is 0 Å². The maximum Gasteiger partial charge on any atom is 0.329 e. The second kappa shape index (κ2) is 7.48. The highest BCUT2D eigenvalue weighted by Gasteiger charge is 2.49. The Hall–Kier alpha value is -2.51. The van der Waals surface area contributed by atoms with Crippen LogP contribution >= 0.6 is 11.8 Å². The monoisotopic (exact) mass is 398 g/mol. The van der Waals surface area contributed by atoms with Gasteiger partial charge in [0.15, 0.2) is 0 Å². The van der Waals surface area contributed by atoms with Crippen molar-refractivity contribution >= 4 is 35.0 Å². The Labute approximate surface area is 167 Å². The van der Waals surface area contributed by atoms with Crippen LogP contribution in [0.3, 0.4) is 0 Å². The molecule has 2 aromatic carbocycles. The zero-order valence-electron chi connectivity index (χ0n) is 15.4. The van der Waals surface area contributed by atoms with Crippen LogP contribution < -0.4 is 4.90 Å². The molecular weight excluding hydrogens is 376 g/mol. The molecular formula is C21H22N2O4S. The lowest BCUT2D eigenvalue weighted by Crippen LogP contribution is -2.55. The Bertz CT molecular complexity index is 873. The van der Waals surface area contributed by atoms with Crippen molar-refractivity contribution in [3.05, 3.63) is 48.5 Å². The van der Waals surface area contributed by atoms with Gasteiger partial charge in [-0.3, -0.25) is 4.79 Å². The van der Waals surface area contributed by atoms with E-state index >= 15 is 0 Å². The summed E-state index contributed by atoms with van der Waals surface area (Å²) < 4.78 is 0. The number of para-hydroxylation sites is 2. The first-order valence-electron chi connectivity index (χ1n) is 9.35. The number of rotatable bonds is 5. The zero-order valence-corrected chi connectivity index (χ0v) is 16.2. The van der Waals surface area contributed by atoms with Gasteiger partial charge in [-0.2, -0.15) is 0 Å². The summed E-state index contributed by atoms with van der Waals surface area (Å²) in [7, 11) is 0. The normalized spacial score (nSPS) is 20.6. The SMILES string of the molecule is O=C(CN1c2ccccc2Sc2ccccc21)N1CCCC1(CCO)C(=O)O. The van der Waals surface area contributed by atoms with E-state index in [0.717, 1.165) is 21.2 Å². The summed E-state index contributed by atoms with van der Waals surface area (Å²) in [5.41, 5.74) is 0.582. The van der Waals surface area contributed by atoms with Gasteiger partial charge in [-0.05, 0) is 37.1 Å². The minimum absolute atomic E-state index is 0.0527. The maximum absolute atomic E-state index is 13.3. The summed E-state index contributed by atoms with van der Waals surface area (Å²) in [6.07, 6.45) is 1.05. The quantitative estimate of drug-likeness (QED) is 0.806. The van der Waals surface area contributed by atoms with Gasteiger partial charge in [-0.25, -0.2) is 4.79 Å². The number of fused-ring (bicyclic) bond motifs is 2. The van der Waals surface area contributed by atoms with Crippen molar-refractivity contribution in [2.24, 2.45) is 0 Å². The molecule has 28 heavy (non-hydrogen) atoms. The van der Waals surface area contributed by atoms with Crippen LogP contribution in [0.25, 0.3) is 0 Å². The zero-order chi connectivity index (χ0) is 19.7. The van der Waals surface area contributed by atoms with E-state index in [1.807, 2.05) is 53.4 Å². The van der Waals surface area contributed by atoms with Crippen LogP contribution in [0.2, 0.25) is 0 Å². The number of likely N-dealkylation sites (tertiary alicyclic amines) is 1. The topological polar surface area (TPSA) is 81.1 Å². The number of aliphatic carboxylic acids is 1. The number of carbonyl (C=O) groups excluding carboxylic acids is 1. The van der Waals surface area contributed by atoms with Crippen LogP contribution in [0, 0.1) is 0 Å². The highest BCUT2D eigenvalue weighted by molar-refractivity contribution is 7.99. The largest absolute Gasteiger partial charge is 0.479 e. The predicted molar refractivity (Wildman–Crippen MR) is 107 cm³/mol. The molecule has 2 aliphatic rings. The van der Waals surface area contributed by atoms with E-state index in [0.29, 0.717) is 19.4 Å². The van der Waals surface area contributed by atoms with Crippen LogP contribution in [0.1, 0.15) is 19.3 Å². The van der Waals surface area contributed by atoms with Crippen molar-refractivity contribution in [3.63, 3.8) is 0 Å². The Morgan fingerprint density at radius 1 is 1.04 bits per heavy atom. The standard InChI is InChI=1S/C21H22N2O4S/c24-13-11-21(20(26)27)10-5-12-23(21)19(25)14-22-15-6-1-3-8-17(15)28-18-9-4-2-7-16(18)22/h1-4,6-9,24H,5,10-14H2,(H,26,27). The first-order valence-corrected chi connectivity index (χ1v) is 10.2. The van der Waals surface area contributed by atoms with Crippen LogP contribution in [0.5, 0.6) is 0 Å². The average Bonchev–Trinajstić information content (AvgIpc) is 3.13. The number of nitrogens with zero attached hydrogens (tertiary/aromatic N) is 2. The van der Waals surface area contributed by atoms with Gasteiger partial charge in [-0.1, -0.05) is 36.0 Å². The smallest absolute Gasteiger partial charge is 0.329 e. The van der Waals surface area contributed by atoms with E-state index in [-0.39, 0.29) is 25.5 Å². The number of aliphatic hydroxyl groups is 1. The van der Waals surface area contributed by atoms with E-state index < -0.39 is 11.5 Å². The van der Waals surface area contributed by atoms with Crippen molar-refractivity contribution in [2.45, 2.75) is 34.6 Å². The van der Waals surface area contributed by atoms with Crippen molar-refractivity contribution in [3.8, 4) is 0 Å². The minimum Gasteiger partial charge on any atom is -0.479 e. The molecule has 0 aliphatic carbocycles. The third kappa shape index (κ3) is 3.04. The van der Waals surface area contributed by atoms with E-state index in [1.165, 1.54) is 4.90 Å². The van der Waals surface area contributed by atoms with E-state index in [2.05, 4.69) is 0 Å². The summed E-state index contributed by atoms with van der Waals surface area (Å²) in [6, 6.07) is 15.8. The Morgan fingerprint density at radius 3 is 2.21 bits per heavy atom. The first-order chi connectivity index (χ1) is 13.6. The number of carboxylic acids is 1. The minimum atomic E-state index is -1.31. The van der Waals surface area contributed by atoms with Gasteiger partial charge < -0.3 is 20.0 Å². The van der Waals surface area contributed by atoms with Crippen molar-refractivity contribution in [2.75, 3.05) is 24.6 Å². The molecule has 2 aliphatic heterocycles. The molecule has 0 saturated carbocycles. The lowest BCUT2D eigenvalue weighted by Gasteiger charge is -2.37. The van der Waals surface area contributed by atoms with E-state index in [4.69, 9.17) is 0 Å². The Morgan fingerprint density at radius 2 is 1.64 bits per heavy atom. The summed E-state index contributed by atoms with van der Waals surface area (Å²) in [6.45, 7) is 0.203. The van der Waals surface area contributed by atoms with Gasteiger partial charge in [0.05, 0.1) is 11.4 Å². The third-order valence-electron chi connectivity index (χ3n) is 5.54. The molecule has 7 heteroatoms. The molecule has 0 spiro atoms. The molecule has 146 valence electrons. The number of anilines is 2. The van der Waals surface area contributed by atoms with Crippen LogP contribution in [-0.4, -0.2) is 52.2 Å². The van der Waals surface area contributed by atoms with Gasteiger partial charge in [-0.15, -0.1) is 0 Å². The van der Waals surface area contributed by atoms with Gasteiger partial charge in [0.1, 0.15) is 12.1 Å². The first kappa shape index (κ1) is 18.8. The molecule has 1 fully saturated rings. The molecule has 1 amide bonds. The molecule has 1 atom stereocenters. The molecule has 0 radical (unpaired) electrons. The third-order valence-corrected chi connectivity index (χ3v) is 6.67. The fourth-order valence-corrected chi connectivity index (χ4v) is 5.28. The van der Waals surface area contributed by atoms with Crippen LogP contribution in [0.15, 0.2) is 58.3 Å². The Balaban J connectivity index is 1.68. The fourth-order valence-electron chi connectivity index (χ4n) is 4.19. The number of hydrogen-bond donors (Lipinski definition) is 2. The maximum atomic E-state index is 13.3. The second-order valence-electron chi connectivity index (χ2n) is 7.08. The predicted octanol–water partition coefficient (Wildman–Crippen LogP) is 3.12. The summed E-state index contributed by atoms with van der Waals surface area (Å²) in [5.74, 6) is -1.27. The van der Waals surface area contributed by atoms with E-state index in [9.17, 15) is 19.8 Å². The molecule has 2 N–H and O–H groups in total. The Kier molecular flexibility index (Phi) is 5.03. The molecule has 1 saturated heterocycles. The molecule has 0 aromatic heterocycles. The number of hydrogen-bond acceptors (Lipinski definition) is 5. The molecule has 2 heterocycles. The molecule has 4 rings (SSSR count). The molecule has 0 bridgehead atoms. The summed E-state index contributed by atoms with van der Waals surface area (Å²) in [4.78, 5) is 30.8. The van der Waals surface area contributed by atoms with E-state index in [1.54, 1.807) is 11.8 Å². The van der Waals surface area contributed by atoms with Gasteiger partial charge in [0, 0.05) is 29.4 Å². The molecule has 6 nitrogen and oxygen atoms in total. The number of amides is 1. The lowest BCUT2D eigenvalue weighted by atomic mass is 9.92. The fraction of sp³-hybridized carbons (Fsp3) is 0.333. The number of carbonyl (C=O) groups is 2. The second-order valence-corrected chi connectivity index (χ2v) is 8.17. The summed E-state index contributed by atoms with van der Waals surface area (Å²) in [5, 5.41) is 19.2. The van der Waals surface area contributed by atoms with Crippen molar-refractivity contribution < 1.29 is 19.8 Å². The lowest BCUT2D eigenvalue weighted by molar-refractivity contribution is -0.157. The average molecular weight is 398 g/mol. The summed E-state index contributed by atoms with van der Waals surface area (Å²) >= 11 is 1.66. The van der Waals surface area contributed by atoms with Gasteiger partial charge in [0.25, 0.3) is 0 Å². The van der Waals surface area contributed by atoms with Crippen molar-refractivity contribution in [1.82, 2.24) is 4.90 Å². The number of carboxylic acid groups (broad SMARTS) is 1.